The van der Waals surface area contributed by atoms with Crippen LogP contribution < -0.4 is 9.70 Å². The molecule has 1 fully saturated rings. The van der Waals surface area contributed by atoms with Crippen LogP contribution in [0, 0.1) is 5.82 Å². The molecule has 0 saturated carbocycles. The zero-order chi connectivity index (χ0) is 22.2. The number of nitrogens with one attached hydrogen (secondary N) is 1. The molecule has 0 spiro atoms. The Labute approximate surface area is 174 Å². The van der Waals surface area contributed by atoms with Crippen molar-refractivity contribution in [1.82, 2.24) is 20.4 Å². The van der Waals surface area contributed by atoms with Gasteiger partial charge in [-0.3, -0.25) is 9.42 Å². The number of H-pyrrole nitrogens is 1. The number of nitrogens with zero attached hydrogens (tertiary/aromatic N) is 5. The van der Waals surface area contributed by atoms with E-state index in [1.165, 1.54) is 29.2 Å². The van der Waals surface area contributed by atoms with Gasteiger partial charge in [-0.2, -0.15) is 0 Å². The molecule has 162 valence electrons. The van der Waals surface area contributed by atoms with Gasteiger partial charge in [0, 0.05) is 17.3 Å². The summed E-state index contributed by atoms with van der Waals surface area (Å²) in [6.45, 7) is -0.518. The van der Waals surface area contributed by atoms with Crippen LogP contribution in [-0.4, -0.2) is 55.5 Å². The number of cyclic esters (lactones) is 1. The molecule has 2 aromatic heterocycles. The van der Waals surface area contributed by atoms with E-state index in [1.54, 1.807) is 19.2 Å². The smallest absolute Gasteiger partial charge is 0.441 e. The molecule has 1 saturated heterocycles. The monoisotopic (exact) mass is 451 g/mol. The molecule has 0 radical (unpaired) electrons. The number of anilines is 1. The van der Waals surface area contributed by atoms with Crippen LogP contribution in [0.15, 0.2) is 36.5 Å². The third-order valence-electron chi connectivity index (χ3n) is 4.42. The average molecular weight is 451 g/mol. The number of aromatic amines is 1. The predicted octanol–water partition coefficient (Wildman–Crippen LogP) is 0.932. The van der Waals surface area contributed by atoms with Crippen molar-refractivity contribution in [3.8, 4) is 22.6 Å². The highest BCUT2D eigenvalue weighted by molar-refractivity contribution is 7.46. The first-order valence-electron chi connectivity index (χ1n) is 8.93. The second-order valence-electron chi connectivity index (χ2n) is 6.66. The second kappa shape index (κ2) is 8.12. The van der Waals surface area contributed by atoms with Crippen LogP contribution in [0.4, 0.5) is 14.9 Å². The molecule has 1 aliphatic heterocycles. The van der Waals surface area contributed by atoms with E-state index < -0.39 is 32.4 Å². The first-order chi connectivity index (χ1) is 14.7. The van der Waals surface area contributed by atoms with Crippen molar-refractivity contribution < 1.29 is 37.6 Å². The summed E-state index contributed by atoms with van der Waals surface area (Å²) in [6, 6.07) is 7.55. The van der Waals surface area contributed by atoms with E-state index in [0.717, 1.165) is 4.90 Å². The van der Waals surface area contributed by atoms with Crippen LogP contribution >= 0.6 is 7.82 Å². The van der Waals surface area contributed by atoms with E-state index in [-0.39, 0.29) is 17.8 Å². The molecule has 14 heteroatoms. The minimum absolute atomic E-state index is 0.0397. The van der Waals surface area contributed by atoms with Crippen LogP contribution in [-0.2, 0) is 20.9 Å². The lowest BCUT2D eigenvalue weighted by atomic mass is 10.1. The van der Waals surface area contributed by atoms with Gasteiger partial charge >= 0.3 is 19.7 Å². The lowest BCUT2D eigenvalue weighted by Gasteiger charge is -2.14. The van der Waals surface area contributed by atoms with Gasteiger partial charge in [-0.15, -0.1) is 0 Å². The van der Waals surface area contributed by atoms with Crippen molar-refractivity contribution in [1.29, 1.82) is 0 Å². The molecule has 0 unspecified atom stereocenters. The van der Waals surface area contributed by atoms with Gasteiger partial charge in [-0.1, -0.05) is 10.9 Å². The van der Waals surface area contributed by atoms with Crippen LogP contribution in [0.3, 0.4) is 0 Å². The summed E-state index contributed by atoms with van der Waals surface area (Å²) in [5, 5.41) is 10.7. The van der Waals surface area contributed by atoms with Crippen molar-refractivity contribution in [2.75, 3.05) is 18.1 Å². The van der Waals surface area contributed by atoms with Crippen molar-refractivity contribution in [2.24, 2.45) is 7.05 Å². The molecule has 1 amide bonds. The molecule has 1 aliphatic rings. The van der Waals surface area contributed by atoms with Gasteiger partial charge in [0.2, 0.25) is 0 Å². The van der Waals surface area contributed by atoms with Crippen molar-refractivity contribution >= 4 is 19.6 Å². The van der Waals surface area contributed by atoms with E-state index in [4.69, 9.17) is 14.5 Å². The normalized spacial score (nSPS) is 16.6. The summed E-state index contributed by atoms with van der Waals surface area (Å²) in [7, 11) is -3.00. The summed E-state index contributed by atoms with van der Waals surface area (Å²) >= 11 is 0. The number of carbonyl (C=O) groups is 1. The number of benzene rings is 1. The van der Waals surface area contributed by atoms with E-state index in [9.17, 15) is 13.8 Å². The van der Waals surface area contributed by atoms with Gasteiger partial charge < -0.3 is 14.5 Å². The molecule has 1 atom stereocenters. The molecular formula is C17H17FN6O6P+. The number of phosphoric ester groups is 1. The number of aryl methyl sites for hydroxylation is 1. The Kier molecular flexibility index (Phi) is 5.50. The van der Waals surface area contributed by atoms with Gasteiger partial charge in [0.1, 0.15) is 24.7 Å². The highest BCUT2D eigenvalue weighted by Gasteiger charge is 2.34. The number of aromatic nitrogens is 5. The lowest BCUT2D eigenvalue weighted by molar-refractivity contribution is -0.783. The maximum atomic E-state index is 14.8. The Morgan fingerprint density at radius 2 is 2.19 bits per heavy atom. The fourth-order valence-corrected chi connectivity index (χ4v) is 3.37. The standard InChI is InChI=1S/C17H16FN6O6P/c1-23-21-16(20-22-23)15-5-2-10(7-19-15)13-4-3-11(6-14(13)18)24-8-12(30-17(24)25)9-29-31(26,27)28/h2-7,12H,8-9H2,1H3,(H2,26,27,28)/p+1/t12-/m1/s1. The topological polar surface area (TPSA) is 155 Å². The Morgan fingerprint density at radius 3 is 2.81 bits per heavy atom. The third-order valence-corrected chi connectivity index (χ3v) is 4.90. The molecule has 1 aromatic carbocycles. The largest absolute Gasteiger partial charge is 0.469 e. The number of pyridine rings is 1. The van der Waals surface area contributed by atoms with Gasteiger partial charge in [0.25, 0.3) is 0 Å². The summed E-state index contributed by atoms with van der Waals surface area (Å²) in [6.07, 6.45) is -0.169. The zero-order valence-corrected chi connectivity index (χ0v) is 16.9. The minimum atomic E-state index is -4.69. The summed E-state index contributed by atoms with van der Waals surface area (Å²) in [4.78, 5) is 36.4. The summed E-state index contributed by atoms with van der Waals surface area (Å²) < 4.78 is 34.9. The summed E-state index contributed by atoms with van der Waals surface area (Å²) in [5.41, 5.74) is 1.55. The second-order valence-corrected chi connectivity index (χ2v) is 7.90. The summed E-state index contributed by atoms with van der Waals surface area (Å²) in [5.74, 6) is -0.186. The molecule has 0 aliphatic carbocycles. The fourth-order valence-electron chi connectivity index (χ4n) is 3.01. The maximum Gasteiger partial charge on any atom is 0.469 e. The van der Waals surface area contributed by atoms with Crippen LogP contribution in [0.25, 0.3) is 22.6 Å². The average Bonchev–Trinajstić information content (AvgIpc) is 3.31. The van der Waals surface area contributed by atoms with Gasteiger partial charge in [-0.05, 0) is 34.6 Å². The van der Waals surface area contributed by atoms with Crippen LogP contribution in [0.5, 0.6) is 0 Å². The number of halogens is 1. The molecule has 0 bridgehead atoms. The van der Waals surface area contributed by atoms with Gasteiger partial charge in [0.15, 0.2) is 0 Å². The SMILES string of the molecule is C[n+]1nc(-c2ccc(-c3ccc(N4C[C@H](COP(=O)(O)O)OC4=O)cc3F)cn2)n[nH]1. The predicted molar refractivity (Wildman–Crippen MR) is 102 cm³/mol. The van der Waals surface area contributed by atoms with Crippen molar-refractivity contribution in [3.63, 3.8) is 0 Å². The third kappa shape index (κ3) is 4.75. The number of hydrogen-bond donors (Lipinski definition) is 3. The van der Waals surface area contributed by atoms with Crippen LogP contribution in [0.1, 0.15) is 0 Å². The van der Waals surface area contributed by atoms with E-state index in [1.807, 2.05) is 0 Å². The number of tetrazole rings is 1. The molecule has 31 heavy (non-hydrogen) atoms. The fraction of sp³-hybridized carbons (Fsp3) is 0.235. The molecule has 3 aromatic rings. The number of ether oxygens (including phenoxy) is 1. The Morgan fingerprint density at radius 1 is 1.39 bits per heavy atom. The Hall–Kier alpha value is -3.25. The van der Waals surface area contributed by atoms with E-state index in [2.05, 4.69) is 24.9 Å². The molecule has 3 heterocycles. The van der Waals surface area contributed by atoms with E-state index in [0.29, 0.717) is 17.1 Å². The molecular weight excluding hydrogens is 434 g/mol. The van der Waals surface area contributed by atoms with Crippen molar-refractivity contribution in [3.05, 3.63) is 42.3 Å². The van der Waals surface area contributed by atoms with Crippen molar-refractivity contribution in [2.45, 2.75) is 6.10 Å². The highest BCUT2D eigenvalue weighted by atomic mass is 31.2. The number of rotatable bonds is 6. The quantitative estimate of drug-likeness (QED) is 0.367. The van der Waals surface area contributed by atoms with Crippen LogP contribution in [0.2, 0.25) is 0 Å². The van der Waals surface area contributed by atoms with E-state index >= 15 is 0 Å². The lowest BCUT2D eigenvalue weighted by Crippen LogP contribution is -2.33. The van der Waals surface area contributed by atoms with Gasteiger partial charge in [0.05, 0.1) is 23.9 Å². The number of amides is 1. The Balaban J connectivity index is 1.49. The maximum absolute atomic E-state index is 14.8. The Bertz CT molecular complexity index is 1170. The minimum Gasteiger partial charge on any atom is -0.441 e. The molecule has 3 N–H and O–H groups in total. The number of hydrogen-bond acceptors (Lipinski definition) is 7. The first kappa shape index (κ1) is 21.0. The highest BCUT2D eigenvalue weighted by Crippen LogP contribution is 2.37. The first-order valence-corrected chi connectivity index (χ1v) is 10.5. The zero-order valence-electron chi connectivity index (χ0n) is 16.0. The number of carbonyl (C=O) groups excluding carboxylic acids is 1. The molecule has 12 nitrogen and oxygen atoms in total. The molecule has 4 rings (SSSR count). The van der Waals surface area contributed by atoms with Gasteiger partial charge in [-0.25, -0.2) is 18.7 Å². The number of phosphoric acid groups is 1.